The predicted octanol–water partition coefficient (Wildman–Crippen LogP) is 1.38. The monoisotopic (exact) mass is 180 g/mol. The van der Waals surface area contributed by atoms with E-state index in [2.05, 4.69) is 0 Å². The molecule has 1 aromatic rings. The number of aromatic hydroxyl groups is 1. The van der Waals surface area contributed by atoms with Crippen LogP contribution in [0.5, 0.6) is 5.75 Å². The average molecular weight is 180 g/mol. The number of carboxylic acid groups (broad SMARTS) is 1. The number of phenols is 1. The van der Waals surface area contributed by atoms with Crippen molar-refractivity contribution in [2.45, 2.75) is 0 Å². The van der Waals surface area contributed by atoms with Crippen molar-refractivity contribution >= 4 is 11.7 Å². The molecule has 0 spiro atoms. The van der Waals surface area contributed by atoms with Gasteiger partial charge >= 0.3 is 5.97 Å². The fourth-order valence-corrected chi connectivity index (χ4v) is 0.885. The molecule has 1 aromatic carbocycles. The third-order valence-electron chi connectivity index (χ3n) is 1.44. The zero-order valence-electron chi connectivity index (χ0n) is 6.64. The molecule has 0 aliphatic heterocycles. The Balaban J connectivity index is 3.08. The summed E-state index contributed by atoms with van der Waals surface area (Å²) >= 11 is 0. The van der Waals surface area contributed by atoms with Crippen LogP contribution < -0.4 is 0 Å². The second kappa shape index (κ2) is 3.62. The van der Waals surface area contributed by atoms with E-state index in [4.69, 9.17) is 5.11 Å². The largest absolute Gasteiger partial charge is 0.507 e. The van der Waals surface area contributed by atoms with E-state index in [0.717, 1.165) is 0 Å². The molecule has 0 atom stereocenters. The van der Waals surface area contributed by atoms with Crippen molar-refractivity contribution in [3.8, 4) is 5.75 Å². The Bertz CT molecular complexity index is 354. The first kappa shape index (κ1) is 9.12. The third-order valence-corrected chi connectivity index (χ3v) is 1.44. The number of aliphatic carboxylic acids is 1. The maximum atomic E-state index is 10.2. The molecule has 0 aliphatic carbocycles. The quantitative estimate of drug-likeness (QED) is 0.474. The highest BCUT2D eigenvalue weighted by molar-refractivity contribution is 5.88. The van der Waals surface area contributed by atoms with Crippen molar-refractivity contribution in [2.24, 2.45) is 0 Å². The average Bonchev–Trinajstić information content (AvgIpc) is 2.03. The summed E-state index contributed by atoms with van der Waals surface area (Å²) in [5, 5.41) is 26.7. The molecule has 0 radical (unpaired) electrons. The Labute approximate surface area is 74.4 Å². The van der Waals surface area contributed by atoms with E-state index in [-0.39, 0.29) is 11.3 Å². The minimum atomic E-state index is -1.26. The smallest absolute Gasteiger partial charge is 0.332 e. The highest BCUT2D eigenvalue weighted by atomic mass is 16.4. The summed E-state index contributed by atoms with van der Waals surface area (Å²) in [6.07, 6.45) is 0.620. The van der Waals surface area contributed by atoms with E-state index >= 15 is 0 Å². The Hall–Kier alpha value is -1.97. The lowest BCUT2D eigenvalue weighted by Crippen LogP contribution is -1.91. The molecule has 0 saturated carbocycles. The first-order valence-corrected chi connectivity index (χ1v) is 3.53. The molecule has 0 fully saturated rings. The number of aliphatic hydroxyl groups excluding tert-OH is 1. The molecule has 0 bridgehead atoms. The van der Waals surface area contributed by atoms with Crippen LogP contribution in [-0.4, -0.2) is 21.3 Å². The lowest BCUT2D eigenvalue weighted by Gasteiger charge is -2.01. The van der Waals surface area contributed by atoms with E-state index in [1.54, 1.807) is 12.1 Å². The van der Waals surface area contributed by atoms with Gasteiger partial charge in [0, 0.05) is 0 Å². The van der Waals surface area contributed by atoms with Gasteiger partial charge in [-0.25, -0.2) is 4.79 Å². The summed E-state index contributed by atoms with van der Waals surface area (Å²) in [5.41, 5.74) is 0.102. The minimum absolute atomic E-state index is 0.102. The van der Waals surface area contributed by atoms with Gasteiger partial charge in [-0.05, 0) is 12.1 Å². The van der Waals surface area contributed by atoms with Gasteiger partial charge in [0.25, 0.3) is 0 Å². The van der Waals surface area contributed by atoms with Crippen LogP contribution in [-0.2, 0) is 4.79 Å². The van der Waals surface area contributed by atoms with E-state index in [9.17, 15) is 15.0 Å². The minimum Gasteiger partial charge on any atom is -0.507 e. The molecule has 0 saturated heterocycles. The molecule has 0 heterocycles. The molecule has 4 heteroatoms. The van der Waals surface area contributed by atoms with Crippen LogP contribution in [0.1, 0.15) is 5.56 Å². The van der Waals surface area contributed by atoms with Gasteiger partial charge < -0.3 is 15.3 Å². The summed E-state index contributed by atoms with van der Waals surface area (Å²) < 4.78 is 0. The fraction of sp³-hybridized carbons (Fsp3) is 0. The van der Waals surface area contributed by atoms with Crippen LogP contribution in [0.2, 0.25) is 0 Å². The van der Waals surface area contributed by atoms with Crippen molar-refractivity contribution in [3.05, 3.63) is 35.9 Å². The Morgan fingerprint density at radius 1 is 1.23 bits per heavy atom. The number of hydrogen-bond acceptors (Lipinski definition) is 3. The topological polar surface area (TPSA) is 77.8 Å². The number of phenolic OH excluding ortho intramolecular Hbond substituents is 1. The van der Waals surface area contributed by atoms with Gasteiger partial charge in [0.1, 0.15) is 11.5 Å². The van der Waals surface area contributed by atoms with E-state index in [0.29, 0.717) is 6.08 Å². The Kier molecular flexibility index (Phi) is 2.54. The summed E-state index contributed by atoms with van der Waals surface area (Å²) in [4.78, 5) is 10.2. The SMILES string of the molecule is O=C(O)/C=C(\O)c1ccccc1O. The first-order chi connectivity index (χ1) is 6.11. The highest BCUT2D eigenvalue weighted by Crippen LogP contribution is 2.22. The van der Waals surface area contributed by atoms with E-state index < -0.39 is 11.7 Å². The van der Waals surface area contributed by atoms with Gasteiger partial charge in [0.05, 0.1) is 11.6 Å². The van der Waals surface area contributed by atoms with Crippen molar-refractivity contribution in [3.63, 3.8) is 0 Å². The molecule has 0 amide bonds. The molecule has 13 heavy (non-hydrogen) atoms. The summed E-state index contributed by atoms with van der Waals surface area (Å²) in [6, 6.07) is 5.94. The highest BCUT2D eigenvalue weighted by Gasteiger charge is 2.05. The van der Waals surface area contributed by atoms with Crippen LogP contribution in [0.25, 0.3) is 5.76 Å². The predicted molar refractivity (Wildman–Crippen MR) is 46.3 cm³/mol. The zero-order chi connectivity index (χ0) is 9.84. The number of benzene rings is 1. The molecule has 1 rings (SSSR count). The lowest BCUT2D eigenvalue weighted by atomic mass is 10.1. The maximum Gasteiger partial charge on any atom is 0.332 e. The number of para-hydroxylation sites is 1. The zero-order valence-corrected chi connectivity index (χ0v) is 6.64. The van der Waals surface area contributed by atoms with Crippen molar-refractivity contribution in [2.75, 3.05) is 0 Å². The fourth-order valence-electron chi connectivity index (χ4n) is 0.885. The van der Waals surface area contributed by atoms with Crippen molar-refractivity contribution in [1.82, 2.24) is 0 Å². The first-order valence-electron chi connectivity index (χ1n) is 3.53. The Morgan fingerprint density at radius 2 is 1.85 bits per heavy atom. The summed E-state index contributed by atoms with van der Waals surface area (Å²) in [5.74, 6) is -1.89. The third kappa shape index (κ3) is 2.23. The number of aliphatic hydroxyl groups is 1. The number of rotatable bonds is 2. The molecular formula is C9H8O4. The molecule has 0 aliphatic rings. The molecule has 0 aromatic heterocycles. The van der Waals surface area contributed by atoms with Gasteiger partial charge in [0.2, 0.25) is 0 Å². The second-order valence-electron chi connectivity index (χ2n) is 2.38. The Morgan fingerprint density at radius 3 is 2.38 bits per heavy atom. The van der Waals surface area contributed by atoms with E-state index in [1.165, 1.54) is 12.1 Å². The summed E-state index contributed by atoms with van der Waals surface area (Å²) in [6.45, 7) is 0. The van der Waals surface area contributed by atoms with E-state index in [1.807, 2.05) is 0 Å². The molecule has 4 nitrogen and oxygen atoms in total. The van der Waals surface area contributed by atoms with Crippen LogP contribution in [0.3, 0.4) is 0 Å². The summed E-state index contributed by atoms with van der Waals surface area (Å²) in [7, 11) is 0. The van der Waals surface area contributed by atoms with Crippen molar-refractivity contribution in [1.29, 1.82) is 0 Å². The lowest BCUT2D eigenvalue weighted by molar-refractivity contribution is -0.131. The second-order valence-corrected chi connectivity index (χ2v) is 2.38. The van der Waals surface area contributed by atoms with Crippen LogP contribution in [0, 0.1) is 0 Å². The molecule has 0 unspecified atom stereocenters. The van der Waals surface area contributed by atoms with Crippen LogP contribution >= 0.6 is 0 Å². The van der Waals surface area contributed by atoms with Crippen LogP contribution in [0.4, 0.5) is 0 Å². The standard InChI is InChI=1S/C9H8O4/c10-7-4-2-1-3-6(7)8(11)5-9(12)13/h1-5,10-11H,(H,12,13)/b8-5-. The van der Waals surface area contributed by atoms with Gasteiger partial charge in [-0.1, -0.05) is 12.1 Å². The number of hydrogen-bond donors (Lipinski definition) is 3. The van der Waals surface area contributed by atoms with Gasteiger partial charge in [0.15, 0.2) is 0 Å². The number of carboxylic acids is 1. The molecule has 68 valence electrons. The molecular weight excluding hydrogens is 172 g/mol. The normalized spacial score (nSPS) is 11.2. The maximum absolute atomic E-state index is 10.2. The molecule has 3 N–H and O–H groups in total. The van der Waals surface area contributed by atoms with Crippen LogP contribution in [0.15, 0.2) is 30.3 Å². The number of carbonyl (C=O) groups is 1. The van der Waals surface area contributed by atoms with Gasteiger partial charge in [-0.2, -0.15) is 0 Å². The van der Waals surface area contributed by atoms with Gasteiger partial charge in [-0.15, -0.1) is 0 Å². The van der Waals surface area contributed by atoms with Gasteiger partial charge in [-0.3, -0.25) is 0 Å². The van der Waals surface area contributed by atoms with Crippen molar-refractivity contribution < 1.29 is 20.1 Å².